The lowest BCUT2D eigenvalue weighted by atomic mass is 9.99. The molecule has 0 aliphatic heterocycles. The van der Waals surface area contributed by atoms with E-state index in [1.807, 2.05) is 0 Å². The number of imidazole rings is 1. The van der Waals surface area contributed by atoms with Gasteiger partial charge in [-0.3, -0.25) is 9.59 Å². The van der Waals surface area contributed by atoms with Crippen LogP contribution in [-0.2, 0) is 9.53 Å². The van der Waals surface area contributed by atoms with Crippen LogP contribution < -0.4 is 5.32 Å². The number of esters is 1. The van der Waals surface area contributed by atoms with Crippen molar-refractivity contribution in [2.75, 3.05) is 13.7 Å². The van der Waals surface area contributed by atoms with E-state index in [2.05, 4.69) is 15.3 Å². The fourth-order valence-corrected chi connectivity index (χ4v) is 2.55. The number of amides is 1. The van der Waals surface area contributed by atoms with E-state index in [9.17, 15) is 14.0 Å². The fraction of sp³-hybridized carbons (Fsp3) is 0.167. The number of rotatable bonds is 5. The molecule has 0 fully saturated rings. The standard InChI is InChI=1S/C18H16FN3O3/c1-25-18(24)14(11-2-5-13(19)6-3-11)9-20-17(23)12-4-7-15-16(8-12)22-10-21-15/h2-8,10,14H,9H2,1H3,(H,20,23)(H,21,22). The number of carbonyl (C=O) groups is 2. The number of aromatic amines is 1. The number of methoxy groups -OCH3 is 1. The quantitative estimate of drug-likeness (QED) is 0.698. The second-order valence-electron chi connectivity index (χ2n) is 5.47. The predicted molar refractivity (Wildman–Crippen MR) is 89.6 cm³/mol. The van der Waals surface area contributed by atoms with Crippen LogP contribution in [0, 0.1) is 5.82 Å². The molecule has 1 atom stereocenters. The number of hydrogen-bond acceptors (Lipinski definition) is 4. The zero-order valence-electron chi connectivity index (χ0n) is 13.5. The molecule has 0 bridgehead atoms. The van der Waals surface area contributed by atoms with Gasteiger partial charge in [0.15, 0.2) is 0 Å². The Morgan fingerprint density at radius 2 is 2.00 bits per heavy atom. The molecule has 128 valence electrons. The summed E-state index contributed by atoms with van der Waals surface area (Å²) in [5.41, 5.74) is 2.52. The van der Waals surface area contributed by atoms with Crippen LogP contribution in [-0.4, -0.2) is 35.5 Å². The maximum absolute atomic E-state index is 13.1. The molecule has 25 heavy (non-hydrogen) atoms. The molecule has 3 aromatic rings. The predicted octanol–water partition coefficient (Wildman–Crippen LogP) is 2.39. The molecule has 1 heterocycles. The van der Waals surface area contributed by atoms with Gasteiger partial charge in [0.2, 0.25) is 0 Å². The van der Waals surface area contributed by atoms with Crippen LogP contribution in [0.4, 0.5) is 4.39 Å². The average molecular weight is 341 g/mol. The third-order valence-corrected chi connectivity index (χ3v) is 3.91. The lowest BCUT2D eigenvalue weighted by Crippen LogP contribution is -2.32. The molecule has 1 unspecified atom stereocenters. The molecule has 1 aromatic heterocycles. The highest BCUT2D eigenvalue weighted by Gasteiger charge is 2.22. The van der Waals surface area contributed by atoms with Gasteiger partial charge in [0.1, 0.15) is 5.82 Å². The summed E-state index contributed by atoms with van der Waals surface area (Å²) in [6, 6.07) is 10.6. The Labute approximate surface area is 143 Å². The largest absolute Gasteiger partial charge is 0.468 e. The second-order valence-corrected chi connectivity index (χ2v) is 5.47. The summed E-state index contributed by atoms with van der Waals surface area (Å²) in [4.78, 5) is 31.4. The summed E-state index contributed by atoms with van der Waals surface area (Å²) in [6.45, 7) is 0.0398. The van der Waals surface area contributed by atoms with Gasteiger partial charge in [0.05, 0.1) is 30.4 Å². The molecule has 0 saturated carbocycles. The van der Waals surface area contributed by atoms with E-state index in [1.54, 1.807) is 24.5 Å². The van der Waals surface area contributed by atoms with Crippen LogP contribution in [0.3, 0.4) is 0 Å². The molecule has 0 aliphatic rings. The normalized spacial score (nSPS) is 11.9. The minimum Gasteiger partial charge on any atom is -0.468 e. The van der Waals surface area contributed by atoms with Crippen molar-refractivity contribution in [2.24, 2.45) is 0 Å². The first-order valence-electron chi connectivity index (χ1n) is 7.63. The summed E-state index contributed by atoms with van der Waals surface area (Å²) in [7, 11) is 1.27. The van der Waals surface area contributed by atoms with Crippen LogP contribution in [0.5, 0.6) is 0 Å². The number of halogens is 1. The van der Waals surface area contributed by atoms with Crippen molar-refractivity contribution in [3.63, 3.8) is 0 Å². The lowest BCUT2D eigenvalue weighted by Gasteiger charge is -2.16. The summed E-state index contributed by atoms with van der Waals surface area (Å²) in [5.74, 6) is -1.95. The highest BCUT2D eigenvalue weighted by Crippen LogP contribution is 2.18. The minimum atomic E-state index is -0.717. The van der Waals surface area contributed by atoms with Gasteiger partial charge < -0.3 is 15.0 Å². The molecular weight excluding hydrogens is 325 g/mol. The number of fused-ring (bicyclic) bond motifs is 1. The van der Waals surface area contributed by atoms with Gasteiger partial charge in [-0.15, -0.1) is 0 Å². The average Bonchev–Trinajstić information content (AvgIpc) is 3.10. The van der Waals surface area contributed by atoms with Crippen LogP contribution in [0.25, 0.3) is 11.0 Å². The van der Waals surface area contributed by atoms with Crippen molar-refractivity contribution in [3.8, 4) is 0 Å². The monoisotopic (exact) mass is 341 g/mol. The van der Waals surface area contributed by atoms with Crippen LogP contribution in [0.15, 0.2) is 48.8 Å². The smallest absolute Gasteiger partial charge is 0.314 e. The Hall–Kier alpha value is -3.22. The first-order valence-corrected chi connectivity index (χ1v) is 7.63. The summed E-state index contributed by atoms with van der Waals surface area (Å²) < 4.78 is 17.9. The number of benzene rings is 2. The van der Waals surface area contributed by atoms with Gasteiger partial charge >= 0.3 is 5.97 Å². The summed E-state index contributed by atoms with van der Waals surface area (Å²) in [5, 5.41) is 2.72. The Bertz CT molecular complexity index is 905. The Morgan fingerprint density at radius 1 is 1.24 bits per heavy atom. The van der Waals surface area contributed by atoms with Crippen molar-refractivity contribution in [2.45, 2.75) is 5.92 Å². The van der Waals surface area contributed by atoms with E-state index in [1.165, 1.54) is 31.4 Å². The third-order valence-electron chi connectivity index (χ3n) is 3.91. The Morgan fingerprint density at radius 3 is 2.72 bits per heavy atom. The number of nitrogens with zero attached hydrogens (tertiary/aromatic N) is 1. The molecule has 2 N–H and O–H groups in total. The number of carbonyl (C=O) groups excluding carboxylic acids is 2. The Kier molecular flexibility index (Phi) is 4.74. The van der Waals surface area contributed by atoms with E-state index < -0.39 is 17.7 Å². The van der Waals surface area contributed by atoms with E-state index in [4.69, 9.17) is 4.74 Å². The number of aromatic nitrogens is 2. The number of nitrogens with one attached hydrogen (secondary N) is 2. The van der Waals surface area contributed by atoms with E-state index in [-0.39, 0.29) is 12.5 Å². The fourth-order valence-electron chi connectivity index (χ4n) is 2.55. The number of hydrogen-bond donors (Lipinski definition) is 2. The molecule has 1 amide bonds. The van der Waals surface area contributed by atoms with Gasteiger partial charge in [-0.2, -0.15) is 0 Å². The van der Waals surface area contributed by atoms with Crippen LogP contribution in [0.2, 0.25) is 0 Å². The van der Waals surface area contributed by atoms with Crippen molar-refractivity contribution in [3.05, 3.63) is 65.7 Å². The van der Waals surface area contributed by atoms with Crippen molar-refractivity contribution >= 4 is 22.9 Å². The Balaban J connectivity index is 1.74. The molecule has 7 heteroatoms. The summed E-state index contributed by atoms with van der Waals surface area (Å²) >= 11 is 0. The molecule has 0 radical (unpaired) electrons. The van der Waals surface area contributed by atoms with Gasteiger partial charge in [0.25, 0.3) is 5.91 Å². The third kappa shape index (κ3) is 3.65. The van der Waals surface area contributed by atoms with Crippen molar-refractivity contribution in [1.82, 2.24) is 15.3 Å². The summed E-state index contributed by atoms with van der Waals surface area (Å²) in [6.07, 6.45) is 1.55. The highest BCUT2D eigenvalue weighted by molar-refractivity contribution is 5.97. The first-order chi connectivity index (χ1) is 12.1. The number of ether oxygens (including phenoxy) is 1. The van der Waals surface area contributed by atoms with E-state index in [0.717, 1.165) is 11.0 Å². The zero-order valence-corrected chi connectivity index (χ0v) is 13.5. The zero-order chi connectivity index (χ0) is 17.8. The molecule has 0 saturated heterocycles. The van der Waals surface area contributed by atoms with E-state index >= 15 is 0 Å². The molecular formula is C18H16FN3O3. The minimum absolute atomic E-state index is 0.0398. The highest BCUT2D eigenvalue weighted by atomic mass is 19.1. The topological polar surface area (TPSA) is 84.1 Å². The molecule has 3 rings (SSSR count). The maximum Gasteiger partial charge on any atom is 0.314 e. The second kappa shape index (κ2) is 7.12. The van der Waals surface area contributed by atoms with Crippen LogP contribution >= 0.6 is 0 Å². The van der Waals surface area contributed by atoms with Crippen LogP contribution in [0.1, 0.15) is 21.8 Å². The van der Waals surface area contributed by atoms with Crippen molar-refractivity contribution in [1.29, 1.82) is 0 Å². The molecule has 0 aliphatic carbocycles. The number of H-pyrrole nitrogens is 1. The van der Waals surface area contributed by atoms with Gasteiger partial charge in [-0.25, -0.2) is 9.37 Å². The molecule has 0 spiro atoms. The van der Waals surface area contributed by atoms with Gasteiger partial charge in [0, 0.05) is 12.1 Å². The van der Waals surface area contributed by atoms with Gasteiger partial charge in [-0.05, 0) is 35.9 Å². The molecule has 6 nitrogen and oxygen atoms in total. The van der Waals surface area contributed by atoms with E-state index in [0.29, 0.717) is 11.1 Å². The van der Waals surface area contributed by atoms with Crippen molar-refractivity contribution < 1.29 is 18.7 Å². The van der Waals surface area contributed by atoms with Gasteiger partial charge in [-0.1, -0.05) is 12.1 Å². The SMILES string of the molecule is COC(=O)C(CNC(=O)c1ccc2nc[nH]c2c1)c1ccc(F)cc1. The molecule has 2 aromatic carbocycles. The maximum atomic E-state index is 13.1. The first kappa shape index (κ1) is 16.6. The lowest BCUT2D eigenvalue weighted by molar-refractivity contribution is -0.142.